The molecule has 0 bridgehead atoms. The van der Waals surface area contributed by atoms with Gasteiger partial charge in [0.1, 0.15) is 0 Å². The lowest BCUT2D eigenvalue weighted by atomic mass is 9.99. The number of halogens is 4. The Bertz CT molecular complexity index is 2980. The van der Waals surface area contributed by atoms with Gasteiger partial charge >= 0.3 is 22.8 Å². The van der Waals surface area contributed by atoms with Crippen molar-refractivity contribution in [3.05, 3.63) is 188 Å². The van der Waals surface area contributed by atoms with E-state index in [4.69, 9.17) is 38.4 Å². The second-order valence-electron chi connectivity index (χ2n) is 15.3. The summed E-state index contributed by atoms with van der Waals surface area (Å²) in [5.74, 6) is -0.268. The number of rotatable bonds is 11. The molecule has 18 heteroatoms. The van der Waals surface area contributed by atoms with E-state index in [1.807, 2.05) is 58.9 Å². The van der Waals surface area contributed by atoms with Crippen LogP contribution in [0.2, 0.25) is 10.0 Å². The molecule has 0 aliphatic carbocycles. The fourth-order valence-electron chi connectivity index (χ4n) is 6.46. The summed E-state index contributed by atoms with van der Waals surface area (Å²) in [5.41, 5.74) is 9.05. The van der Waals surface area contributed by atoms with Crippen molar-refractivity contribution >= 4 is 40.5 Å². The number of aromatic amines is 2. The number of nitrogens with two attached hydrogens (primary N) is 1. The Balaban J connectivity index is 0.000000197. The first-order valence-corrected chi connectivity index (χ1v) is 21.0. The Morgan fingerprint density at radius 3 is 1.60 bits per heavy atom. The van der Waals surface area contributed by atoms with Gasteiger partial charge in [-0.2, -0.15) is 9.97 Å². The maximum absolute atomic E-state index is 14.2. The molecule has 0 fully saturated rings. The molecule has 5 N–H and O–H groups in total. The molecule has 5 aromatic carbocycles. The number of benzene rings is 5. The Morgan fingerprint density at radius 1 is 0.646 bits per heavy atom. The van der Waals surface area contributed by atoms with Gasteiger partial charge in [-0.3, -0.25) is 19.1 Å². The molecular formula is C47H48Cl2F2N8O6. The third-order valence-corrected chi connectivity index (χ3v) is 9.63. The van der Waals surface area contributed by atoms with Crippen molar-refractivity contribution in [2.45, 2.75) is 73.8 Å². The molecule has 2 aromatic heterocycles. The molecule has 14 nitrogen and oxygen atoms in total. The minimum atomic E-state index is -0.805. The second-order valence-corrected chi connectivity index (χ2v) is 16.2. The van der Waals surface area contributed by atoms with Crippen LogP contribution in [0, 0.1) is 32.4 Å². The van der Waals surface area contributed by atoms with Crippen molar-refractivity contribution in [3.8, 4) is 22.9 Å². The molecule has 7 aromatic rings. The van der Waals surface area contributed by atoms with Crippen LogP contribution in [0.5, 0.6) is 11.5 Å². The van der Waals surface area contributed by atoms with Crippen molar-refractivity contribution in [3.63, 3.8) is 0 Å². The molecule has 0 aliphatic rings. The van der Waals surface area contributed by atoms with E-state index in [1.54, 1.807) is 62.4 Å². The minimum Gasteiger partial charge on any atom is -0.488 e. The molecule has 0 saturated carbocycles. The lowest BCUT2D eigenvalue weighted by Crippen LogP contribution is -2.34. The van der Waals surface area contributed by atoms with Gasteiger partial charge in [-0.15, -0.1) is 0 Å². The predicted octanol–water partition coefficient (Wildman–Crippen LogP) is 8.72. The van der Waals surface area contributed by atoms with Gasteiger partial charge in [-0.1, -0.05) is 65.2 Å². The number of nitrogen functional groups attached to an aromatic ring is 1. The summed E-state index contributed by atoms with van der Waals surface area (Å²) >= 11 is 11.8. The summed E-state index contributed by atoms with van der Waals surface area (Å²) < 4.78 is 40.5. The van der Waals surface area contributed by atoms with Gasteiger partial charge in [0, 0.05) is 39.1 Å². The molecule has 2 heterocycles. The molecule has 0 unspecified atom stereocenters. The summed E-state index contributed by atoms with van der Waals surface area (Å²) in [5, 5.41) is 4.01. The van der Waals surface area contributed by atoms with Crippen LogP contribution >= 0.6 is 23.2 Å². The van der Waals surface area contributed by atoms with Crippen molar-refractivity contribution in [1.29, 1.82) is 0 Å². The summed E-state index contributed by atoms with van der Waals surface area (Å²) in [6.45, 7) is 13.6. The van der Waals surface area contributed by atoms with E-state index in [1.165, 1.54) is 33.4 Å². The lowest BCUT2D eigenvalue weighted by Gasteiger charge is -2.15. The van der Waals surface area contributed by atoms with Crippen LogP contribution in [0.1, 0.15) is 55.5 Å². The normalized spacial score (nSPS) is 10.8. The van der Waals surface area contributed by atoms with E-state index < -0.39 is 34.4 Å². The Labute approximate surface area is 382 Å². The summed E-state index contributed by atoms with van der Waals surface area (Å²) in [6, 6.07) is 26.8. The van der Waals surface area contributed by atoms with E-state index >= 15 is 0 Å². The van der Waals surface area contributed by atoms with Crippen LogP contribution in [0.15, 0.2) is 116 Å². The van der Waals surface area contributed by atoms with E-state index in [9.17, 15) is 28.0 Å². The van der Waals surface area contributed by atoms with Crippen LogP contribution in [0.3, 0.4) is 0 Å². The quantitative estimate of drug-likeness (QED) is 0.0913. The molecule has 0 atom stereocenters. The van der Waals surface area contributed by atoms with Gasteiger partial charge in [0.2, 0.25) is 5.95 Å². The summed E-state index contributed by atoms with van der Waals surface area (Å²) in [4.78, 5) is 60.5. The number of nitrogens with one attached hydrogen (secondary N) is 3. The van der Waals surface area contributed by atoms with Crippen LogP contribution in [-0.2, 0) is 13.1 Å². The summed E-state index contributed by atoms with van der Waals surface area (Å²) in [7, 11) is 0. The first kappa shape index (κ1) is 49.0. The average Bonchev–Trinajstić information content (AvgIpc) is 3.21. The minimum absolute atomic E-state index is 0.0133. The average molecular weight is 930 g/mol. The van der Waals surface area contributed by atoms with E-state index in [0.717, 1.165) is 33.4 Å². The number of anilines is 3. The van der Waals surface area contributed by atoms with Crippen molar-refractivity contribution < 1.29 is 18.3 Å². The number of aryl methyl sites for hydroxylation is 3. The van der Waals surface area contributed by atoms with Gasteiger partial charge in [0.25, 0.3) is 0 Å². The fourth-order valence-corrected chi connectivity index (χ4v) is 6.71. The molecule has 7 rings (SSSR count). The molecule has 0 radical (unpaired) electrons. The standard InChI is InChI=1S/C19H18ClFN4O3.C19H18ClN3O2.C9H12FNO/c1-11(2)28-16-8-7-14(9-15(16)21)22-17-23-18(26)24-19(27)25(17)10-12-3-5-13(20)6-4-12;1-11-8-12(2)16(13(3)9-11)17-21-18(24)22-19(25)23(17)10-14-4-6-15(20)7-5-14;1-6(2)12-9-4-3-7(11)5-8(9)10/h3-9,11H,10H2,1-2H3,(H2,22,23,24,26,27);4-9H,10H2,1-3H3,(H,22,24,25);3-6H,11H2,1-2H3. The first-order valence-electron chi connectivity index (χ1n) is 20.2. The highest BCUT2D eigenvalue weighted by Crippen LogP contribution is 2.27. The zero-order valence-electron chi connectivity index (χ0n) is 36.6. The molecule has 340 valence electrons. The SMILES string of the molecule is CC(C)Oc1ccc(N)cc1F.CC(C)Oc1ccc(Nc2nc(=O)[nH]c(=O)n2Cc2ccc(Cl)cc2)cc1F.Cc1cc(C)c(-c2nc(=O)[nH]c(=O)n2Cc2ccc(Cl)cc2)c(C)c1. The van der Waals surface area contributed by atoms with Crippen molar-refractivity contribution in [1.82, 2.24) is 29.1 Å². The van der Waals surface area contributed by atoms with E-state index in [-0.39, 0.29) is 36.2 Å². The number of H-pyrrole nitrogens is 2. The van der Waals surface area contributed by atoms with E-state index in [0.29, 0.717) is 33.8 Å². The highest BCUT2D eigenvalue weighted by Gasteiger charge is 2.16. The molecule has 0 saturated heterocycles. The van der Waals surface area contributed by atoms with Crippen LogP contribution in [0.4, 0.5) is 26.1 Å². The summed E-state index contributed by atoms with van der Waals surface area (Å²) in [6.07, 6.45) is -0.199. The van der Waals surface area contributed by atoms with Crippen LogP contribution in [-0.4, -0.2) is 41.3 Å². The van der Waals surface area contributed by atoms with Gasteiger partial charge in [-0.25, -0.2) is 28.0 Å². The Morgan fingerprint density at radius 2 is 1.11 bits per heavy atom. The van der Waals surface area contributed by atoms with Gasteiger partial charge in [0.05, 0.1) is 25.3 Å². The Hall–Kier alpha value is -7.04. The monoisotopic (exact) mass is 928 g/mol. The lowest BCUT2D eigenvalue weighted by molar-refractivity contribution is 0.231. The molecular weight excluding hydrogens is 881 g/mol. The van der Waals surface area contributed by atoms with Crippen LogP contribution in [0.25, 0.3) is 11.4 Å². The number of aromatic nitrogens is 6. The zero-order valence-corrected chi connectivity index (χ0v) is 38.1. The second kappa shape index (κ2) is 22.0. The number of hydrogen-bond acceptors (Lipinski definition) is 10. The maximum atomic E-state index is 14.2. The van der Waals surface area contributed by atoms with Crippen molar-refractivity contribution in [2.24, 2.45) is 0 Å². The Kier molecular flexibility index (Phi) is 16.6. The third kappa shape index (κ3) is 14.0. The number of ether oxygens (including phenoxy) is 2. The third-order valence-electron chi connectivity index (χ3n) is 9.12. The molecule has 0 aliphatic heterocycles. The maximum Gasteiger partial charge on any atom is 0.352 e. The van der Waals surface area contributed by atoms with Crippen molar-refractivity contribution in [2.75, 3.05) is 11.1 Å². The topological polar surface area (TPSA) is 192 Å². The zero-order chi connectivity index (χ0) is 47.5. The molecule has 0 amide bonds. The smallest absolute Gasteiger partial charge is 0.352 e. The predicted molar refractivity (Wildman–Crippen MR) is 251 cm³/mol. The number of hydrogen-bond donors (Lipinski definition) is 4. The highest BCUT2D eigenvalue weighted by atomic mass is 35.5. The van der Waals surface area contributed by atoms with Gasteiger partial charge in [-0.05, 0) is 119 Å². The highest BCUT2D eigenvalue weighted by molar-refractivity contribution is 6.30. The fraction of sp³-hybridized carbons (Fsp3) is 0.234. The first-order chi connectivity index (χ1) is 30.8. The van der Waals surface area contributed by atoms with Crippen LogP contribution < -0.4 is 43.3 Å². The molecule has 0 spiro atoms. The van der Waals surface area contributed by atoms with Gasteiger partial charge < -0.3 is 20.5 Å². The van der Waals surface area contributed by atoms with Gasteiger partial charge in [0.15, 0.2) is 29.0 Å². The van der Waals surface area contributed by atoms with E-state index in [2.05, 4.69) is 25.3 Å². The largest absolute Gasteiger partial charge is 0.488 e. The number of nitrogens with zero attached hydrogens (tertiary/aromatic N) is 4. The molecule has 65 heavy (non-hydrogen) atoms.